The minimum absolute atomic E-state index is 0.370. The van der Waals surface area contributed by atoms with Gasteiger partial charge in [0.2, 0.25) is 0 Å². The first-order valence-corrected chi connectivity index (χ1v) is 4.57. The van der Waals surface area contributed by atoms with Gasteiger partial charge < -0.3 is 9.69 Å². The zero-order chi connectivity index (χ0) is 9.26. The highest BCUT2D eigenvalue weighted by atomic mass is 16.1. The van der Waals surface area contributed by atoms with E-state index in [2.05, 4.69) is 30.1 Å². The Kier molecular flexibility index (Phi) is 2.05. The molecule has 1 aliphatic heterocycles. The molecule has 0 saturated heterocycles. The second-order valence-corrected chi connectivity index (χ2v) is 3.50. The number of aldehydes is 1. The molecule has 1 aromatic carbocycles. The third-order valence-corrected chi connectivity index (χ3v) is 2.74. The molecule has 0 N–H and O–H groups in total. The maximum atomic E-state index is 10.4. The number of hydrogen-bond acceptors (Lipinski definition) is 2. The Hall–Kier alpha value is -1.31. The molecular weight excluding hydrogens is 162 g/mol. The predicted octanol–water partition coefficient (Wildman–Crippen LogP) is 1.64. The lowest BCUT2D eigenvalue weighted by molar-refractivity contribution is -0.108. The molecule has 1 heterocycles. The molecule has 13 heavy (non-hydrogen) atoms. The van der Waals surface area contributed by atoms with Crippen LogP contribution in [0.4, 0.5) is 5.69 Å². The molecule has 1 aliphatic rings. The topological polar surface area (TPSA) is 20.3 Å². The minimum atomic E-state index is 0.370. The summed E-state index contributed by atoms with van der Waals surface area (Å²) in [5, 5.41) is 0. The van der Waals surface area contributed by atoms with E-state index in [1.807, 2.05) is 6.07 Å². The third-order valence-electron chi connectivity index (χ3n) is 2.74. The number of hydrogen-bond donors (Lipinski definition) is 0. The Bertz CT molecular complexity index is 322. The smallest absolute Gasteiger partial charge is 0.122 e. The van der Waals surface area contributed by atoms with Gasteiger partial charge in [-0.25, -0.2) is 0 Å². The van der Waals surface area contributed by atoms with Gasteiger partial charge in [-0.05, 0) is 18.1 Å². The van der Waals surface area contributed by atoms with Gasteiger partial charge in [-0.1, -0.05) is 18.2 Å². The maximum Gasteiger partial charge on any atom is 0.122 e. The van der Waals surface area contributed by atoms with Gasteiger partial charge >= 0.3 is 0 Å². The molecular formula is C11H13NO. The summed E-state index contributed by atoms with van der Waals surface area (Å²) in [5.74, 6) is 0. The van der Waals surface area contributed by atoms with E-state index in [1.54, 1.807) is 0 Å². The van der Waals surface area contributed by atoms with Gasteiger partial charge in [0.15, 0.2) is 0 Å². The van der Waals surface area contributed by atoms with Crippen LogP contribution in [0.3, 0.4) is 0 Å². The lowest BCUT2D eigenvalue weighted by Gasteiger charge is -2.20. The lowest BCUT2D eigenvalue weighted by atomic mass is 10.1. The molecule has 0 fully saturated rings. The highest BCUT2D eigenvalue weighted by Crippen LogP contribution is 2.31. The average Bonchev–Trinajstić information content (AvgIpc) is 2.46. The molecule has 2 heteroatoms. The fraction of sp³-hybridized carbons (Fsp3) is 0.364. The SMILES string of the molecule is CN1c2ccccc2CC1CC=O. The molecule has 1 atom stereocenters. The van der Waals surface area contributed by atoms with Gasteiger partial charge in [0, 0.05) is 25.2 Å². The van der Waals surface area contributed by atoms with E-state index in [4.69, 9.17) is 0 Å². The molecule has 0 spiro atoms. The number of likely N-dealkylation sites (N-methyl/N-ethyl adjacent to an activating group) is 1. The molecule has 1 unspecified atom stereocenters. The third kappa shape index (κ3) is 1.32. The average molecular weight is 175 g/mol. The molecule has 0 aromatic heterocycles. The first-order chi connectivity index (χ1) is 6.33. The number of benzene rings is 1. The van der Waals surface area contributed by atoms with Crippen molar-refractivity contribution < 1.29 is 4.79 Å². The number of anilines is 1. The molecule has 0 saturated carbocycles. The summed E-state index contributed by atoms with van der Waals surface area (Å²) in [6.07, 6.45) is 2.64. The van der Waals surface area contributed by atoms with Gasteiger partial charge in [0.1, 0.15) is 6.29 Å². The Balaban J connectivity index is 2.27. The molecule has 1 aromatic rings. The lowest BCUT2D eigenvalue weighted by Crippen LogP contribution is -2.27. The largest absolute Gasteiger partial charge is 0.371 e. The highest BCUT2D eigenvalue weighted by molar-refractivity contribution is 5.62. The van der Waals surface area contributed by atoms with E-state index in [0.29, 0.717) is 12.5 Å². The van der Waals surface area contributed by atoms with Gasteiger partial charge in [-0.15, -0.1) is 0 Å². The molecule has 0 bridgehead atoms. The van der Waals surface area contributed by atoms with Crippen LogP contribution in [-0.2, 0) is 11.2 Å². The van der Waals surface area contributed by atoms with Crippen LogP contribution < -0.4 is 4.90 Å². The van der Waals surface area contributed by atoms with Gasteiger partial charge in [0.05, 0.1) is 0 Å². The first kappa shape index (κ1) is 8.30. The Morgan fingerprint density at radius 1 is 1.54 bits per heavy atom. The van der Waals surface area contributed by atoms with E-state index < -0.39 is 0 Å². The van der Waals surface area contributed by atoms with Crippen LogP contribution in [0.1, 0.15) is 12.0 Å². The Labute approximate surface area is 78.2 Å². The van der Waals surface area contributed by atoms with Crippen LogP contribution in [-0.4, -0.2) is 19.4 Å². The van der Waals surface area contributed by atoms with Crippen LogP contribution in [0.25, 0.3) is 0 Å². The number of fused-ring (bicyclic) bond motifs is 1. The van der Waals surface area contributed by atoms with Crippen LogP contribution in [0, 0.1) is 0 Å². The molecule has 0 radical (unpaired) electrons. The summed E-state index contributed by atoms with van der Waals surface area (Å²) in [4.78, 5) is 12.6. The summed E-state index contributed by atoms with van der Waals surface area (Å²) in [5.41, 5.74) is 2.63. The normalized spacial score (nSPS) is 20.1. The standard InChI is InChI=1S/C11H13NO/c1-12-10(6-7-13)8-9-4-2-3-5-11(9)12/h2-5,7,10H,6,8H2,1H3. The highest BCUT2D eigenvalue weighted by Gasteiger charge is 2.24. The summed E-state index contributed by atoms with van der Waals surface area (Å²) in [6, 6.07) is 8.71. The van der Waals surface area contributed by atoms with E-state index in [0.717, 1.165) is 12.7 Å². The van der Waals surface area contributed by atoms with Crippen molar-refractivity contribution in [2.75, 3.05) is 11.9 Å². The fourth-order valence-corrected chi connectivity index (χ4v) is 1.97. The zero-order valence-electron chi connectivity index (χ0n) is 7.73. The van der Waals surface area contributed by atoms with E-state index >= 15 is 0 Å². The van der Waals surface area contributed by atoms with Crippen LogP contribution in [0.2, 0.25) is 0 Å². The summed E-state index contributed by atoms with van der Waals surface area (Å²) < 4.78 is 0. The molecule has 2 rings (SSSR count). The quantitative estimate of drug-likeness (QED) is 0.637. The molecule has 0 amide bonds. The van der Waals surface area contributed by atoms with Gasteiger partial charge in [0.25, 0.3) is 0 Å². The van der Waals surface area contributed by atoms with Crippen molar-refractivity contribution in [1.29, 1.82) is 0 Å². The van der Waals surface area contributed by atoms with Crippen LogP contribution in [0.15, 0.2) is 24.3 Å². The number of para-hydroxylation sites is 1. The number of carbonyl (C=O) groups is 1. The van der Waals surface area contributed by atoms with Crippen molar-refractivity contribution in [2.45, 2.75) is 18.9 Å². The van der Waals surface area contributed by atoms with E-state index in [-0.39, 0.29) is 0 Å². The zero-order valence-corrected chi connectivity index (χ0v) is 7.73. The summed E-state index contributed by atoms with van der Waals surface area (Å²) >= 11 is 0. The van der Waals surface area contributed by atoms with Gasteiger partial charge in [-0.3, -0.25) is 0 Å². The monoisotopic (exact) mass is 175 g/mol. The summed E-state index contributed by atoms with van der Waals surface area (Å²) in [6.45, 7) is 0. The van der Waals surface area contributed by atoms with Crippen LogP contribution >= 0.6 is 0 Å². The van der Waals surface area contributed by atoms with Crippen molar-refractivity contribution in [1.82, 2.24) is 0 Å². The number of carbonyl (C=O) groups excluding carboxylic acids is 1. The maximum absolute atomic E-state index is 10.4. The minimum Gasteiger partial charge on any atom is -0.371 e. The number of rotatable bonds is 2. The first-order valence-electron chi connectivity index (χ1n) is 4.57. The molecule has 2 nitrogen and oxygen atoms in total. The van der Waals surface area contributed by atoms with Crippen molar-refractivity contribution in [3.8, 4) is 0 Å². The second-order valence-electron chi connectivity index (χ2n) is 3.50. The molecule has 68 valence electrons. The van der Waals surface area contributed by atoms with Crippen LogP contribution in [0.5, 0.6) is 0 Å². The van der Waals surface area contributed by atoms with E-state index in [1.165, 1.54) is 11.3 Å². The number of nitrogens with zero attached hydrogens (tertiary/aromatic N) is 1. The van der Waals surface area contributed by atoms with Crippen molar-refractivity contribution in [3.05, 3.63) is 29.8 Å². The van der Waals surface area contributed by atoms with Crippen molar-refractivity contribution >= 4 is 12.0 Å². The fourth-order valence-electron chi connectivity index (χ4n) is 1.97. The van der Waals surface area contributed by atoms with Crippen molar-refractivity contribution in [2.24, 2.45) is 0 Å². The summed E-state index contributed by atoms with van der Waals surface area (Å²) in [7, 11) is 2.06. The van der Waals surface area contributed by atoms with Crippen molar-refractivity contribution in [3.63, 3.8) is 0 Å². The Morgan fingerprint density at radius 2 is 2.31 bits per heavy atom. The molecule has 0 aliphatic carbocycles. The predicted molar refractivity (Wildman–Crippen MR) is 53.0 cm³/mol. The Morgan fingerprint density at radius 3 is 3.00 bits per heavy atom. The second kappa shape index (κ2) is 3.21. The van der Waals surface area contributed by atoms with E-state index in [9.17, 15) is 4.79 Å². The van der Waals surface area contributed by atoms with Gasteiger partial charge in [-0.2, -0.15) is 0 Å².